The number of amides is 2. The topological polar surface area (TPSA) is 115 Å². The first-order valence-electron chi connectivity index (χ1n) is 8.82. The van der Waals surface area contributed by atoms with Crippen molar-refractivity contribution in [2.45, 2.75) is 18.9 Å². The number of nitrogens with two attached hydrogens (primary N) is 1. The molecule has 0 aliphatic carbocycles. The van der Waals surface area contributed by atoms with Gasteiger partial charge in [-0.15, -0.1) is 0 Å². The Balaban J connectivity index is 1.71. The first-order valence-corrected chi connectivity index (χ1v) is 8.82. The van der Waals surface area contributed by atoms with E-state index in [0.29, 0.717) is 5.56 Å². The summed E-state index contributed by atoms with van der Waals surface area (Å²) in [5.74, 6) is -2.18. The van der Waals surface area contributed by atoms with Crippen LogP contribution < -0.4 is 11.1 Å². The van der Waals surface area contributed by atoms with Gasteiger partial charge in [0, 0.05) is 12.5 Å². The Labute approximate surface area is 165 Å². The molecule has 29 heavy (non-hydrogen) atoms. The number of carbonyl (C=O) groups excluding carboxylic acids is 2. The summed E-state index contributed by atoms with van der Waals surface area (Å²) in [4.78, 5) is 34.2. The van der Waals surface area contributed by atoms with E-state index in [9.17, 15) is 24.1 Å². The minimum absolute atomic E-state index is 0.0399. The highest BCUT2D eigenvalue weighted by Crippen LogP contribution is 2.20. The summed E-state index contributed by atoms with van der Waals surface area (Å²) in [6.07, 6.45) is -0.0436. The van der Waals surface area contributed by atoms with Crippen molar-refractivity contribution in [3.05, 3.63) is 87.7 Å². The highest BCUT2D eigenvalue weighted by molar-refractivity contribution is 5.89. The second kappa shape index (κ2) is 8.47. The van der Waals surface area contributed by atoms with Crippen LogP contribution in [0.2, 0.25) is 0 Å². The molecular formula is C21H18FN3O4. The summed E-state index contributed by atoms with van der Waals surface area (Å²) < 4.78 is 13.5. The molecule has 0 heterocycles. The van der Waals surface area contributed by atoms with Crippen LogP contribution in [0, 0.1) is 15.9 Å². The van der Waals surface area contributed by atoms with Gasteiger partial charge in [0.25, 0.3) is 0 Å². The molecule has 2 amide bonds. The number of hydrogen-bond donors (Lipinski definition) is 2. The molecule has 8 heteroatoms. The maximum absolute atomic E-state index is 13.5. The van der Waals surface area contributed by atoms with Crippen LogP contribution in [0.3, 0.4) is 0 Å². The van der Waals surface area contributed by atoms with Crippen molar-refractivity contribution >= 4 is 28.3 Å². The third kappa shape index (κ3) is 4.92. The second-order valence-electron chi connectivity index (χ2n) is 6.63. The van der Waals surface area contributed by atoms with E-state index in [4.69, 9.17) is 5.73 Å². The zero-order chi connectivity index (χ0) is 21.0. The molecule has 1 atom stereocenters. The lowest BCUT2D eigenvalue weighted by atomic mass is 10.0. The predicted molar refractivity (Wildman–Crippen MR) is 106 cm³/mol. The number of nitro groups is 1. The van der Waals surface area contributed by atoms with E-state index in [2.05, 4.69) is 5.32 Å². The van der Waals surface area contributed by atoms with E-state index in [1.54, 1.807) is 0 Å². The lowest BCUT2D eigenvalue weighted by molar-refractivity contribution is -0.387. The summed E-state index contributed by atoms with van der Waals surface area (Å²) >= 11 is 0. The Morgan fingerprint density at radius 2 is 1.72 bits per heavy atom. The number of benzene rings is 3. The van der Waals surface area contributed by atoms with Gasteiger partial charge >= 0.3 is 5.69 Å². The van der Waals surface area contributed by atoms with E-state index < -0.39 is 34.3 Å². The van der Waals surface area contributed by atoms with Crippen molar-refractivity contribution < 1.29 is 18.9 Å². The minimum Gasteiger partial charge on any atom is -0.368 e. The van der Waals surface area contributed by atoms with Crippen molar-refractivity contribution in [1.82, 2.24) is 5.32 Å². The normalized spacial score (nSPS) is 11.8. The molecule has 0 aliphatic rings. The maximum atomic E-state index is 13.5. The number of primary amides is 1. The number of hydrogen-bond acceptors (Lipinski definition) is 4. The molecular weight excluding hydrogens is 377 g/mol. The van der Waals surface area contributed by atoms with E-state index in [1.807, 2.05) is 42.5 Å². The fraction of sp³-hybridized carbons (Fsp3) is 0.143. The zero-order valence-corrected chi connectivity index (χ0v) is 15.3. The number of nitro benzene ring substituents is 1. The fourth-order valence-corrected chi connectivity index (χ4v) is 3.06. The highest BCUT2D eigenvalue weighted by Gasteiger charge is 2.21. The highest BCUT2D eigenvalue weighted by atomic mass is 19.1. The molecule has 7 nitrogen and oxygen atoms in total. The number of nitrogens with zero attached hydrogens (tertiary/aromatic N) is 1. The number of rotatable bonds is 7. The van der Waals surface area contributed by atoms with Gasteiger partial charge in [-0.05, 0) is 28.0 Å². The van der Waals surface area contributed by atoms with Crippen LogP contribution in [-0.2, 0) is 22.4 Å². The summed E-state index contributed by atoms with van der Waals surface area (Å²) in [5.41, 5.74) is 5.74. The van der Waals surface area contributed by atoms with Crippen LogP contribution in [0.15, 0.2) is 60.7 Å². The van der Waals surface area contributed by atoms with Crippen LogP contribution in [0.4, 0.5) is 10.1 Å². The maximum Gasteiger partial charge on any atom is 0.305 e. The molecule has 0 aromatic heterocycles. The number of nitrogens with one attached hydrogen (secondary N) is 1. The summed E-state index contributed by atoms with van der Waals surface area (Å²) in [6.45, 7) is 0. The molecule has 0 saturated heterocycles. The van der Waals surface area contributed by atoms with Gasteiger partial charge in [0.05, 0.1) is 11.3 Å². The van der Waals surface area contributed by atoms with Crippen molar-refractivity contribution in [2.75, 3.05) is 0 Å². The zero-order valence-electron chi connectivity index (χ0n) is 15.3. The smallest absolute Gasteiger partial charge is 0.305 e. The number of carbonyl (C=O) groups is 2. The van der Waals surface area contributed by atoms with Crippen LogP contribution in [0.5, 0.6) is 0 Å². The van der Waals surface area contributed by atoms with E-state index in [0.717, 1.165) is 28.5 Å². The fourth-order valence-electron chi connectivity index (χ4n) is 3.06. The van der Waals surface area contributed by atoms with Gasteiger partial charge in [0.15, 0.2) is 0 Å². The van der Waals surface area contributed by atoms with Gasteiger partial charge in [-0.2, -0.15) is 4.39 Å². The first kappa shape index (κ1) is 19.9. The van der Waals surface area contributed by atoms with Crippen LogP contribution in [0.1, 0.15) is 11.1 Å². The van der Waals surface area contributed by atoms with Gasteiger partial charge < -0.3 is 11.1 Å². The van der Waals surface area contributed by atoms with Gasteiger partial charge in [-0.3, -0.25) is 19.7 Å². The van der Waals surface area contributed by atoms with Crippen molar-refractivity contribution in [2.24, 2.45) is 5.73 Å². The lowest BCUT2D eigenvalue weighted by Gasteiger charge is -2.16. The molecule has 0 fully saturated rings. The molecule has 3 rings (SSSR count). The lowest BCUT2D eigenvalue weighted by Crippen LogP contribution is -2.46. The molecule has 0 spiro atoms. The SMILES string of the molecule is NC(=O)[C@@H](Cc1ccc(F)c([N+](=O)[O-])c1)NC(=O)Cc1ccc2ccccc2c1. The summed E-state index contributed by atoms with van der Waals surface area (Å²) in [7, 11) is 0. The third-order valence-corrected chi connectivity index (χ3v) is 4.50. The largest absolute Gasteiger partial charge is 0.368 e. The molecule has 3 N–H and O–H groups in total. The van der Waals surface area contributed by atoms with Gasteiger partial charge in [0.1, 0.15) is 6.04 Å². The average molecular weight is 395 g/mol. The van der Waals surface area contributed by atoms with Gasteiger partial charge in [0.2, 0.25) is 17.6 Å². The molecule has 0 unspecified atom stereocenters. The molecule has 0 aliphatic heterocycles. The van der Waals surface area contributed by atoms with Gasteiger partial charge in [-0.1, -0.05) is 48.5 Å². The summed E-state index contributed by atoms with van der Waals surface area (Å²) in [6, 6.07) is 15.5. The van der Waals surface area contributed by atoms with Gasteiger partial charge in [-0.25, -0.2) is 0 Å². The van der Waals surface area contributed by atoms with E-state index >= 15 is 0 Å². The molecule has 0 saturated carbocycles. The predicted octanol–water partition coefficient (Wildman–Crippen LogP) is 2.64. The van der Waals surface area contributed by atoms with Crippen molar-refractivity contribution in [3.8, 4) is 0 Å². The monoisotopic (exact) mass is 395 g/mol. The summed E-state index contributed by atoms with van der Waals surface area (Å²) in [5, 5.41) is 15.5. The first-order chi connectivity index (χ1) is 13.8. The Bertz CT molecular complexity index is 1100. The van der Waals surface area contributed by atoms with E-state index in [1.165, 1.54) is 6.07 Å². The van der Waals surface area contributed by atoms with Crippen LogP contribution in [-0.4, -0.2) is 22.8 Å². The van der Waals surface area contributed by atoms with Crippen LogP contribution in [0.25, 0.3) is 10.8 Å². The minimum atomic E-state index is -1.08. The Morgan fingerprint density at radius 1 is 1.03 bits per heavy atom. The van der Waals surface area contributed by atoms with E-state index in [-0.39, 0.29) is 12.8 Å². The molecule has 3 aromatic rings. The van der Waals surface area contributed by atoms with Crippen molar-refractivity contribution in [3.63, 3.8) is 0 Å². The Morgan fingerprint density at radius 3 is 2.41 bits per heavy atom. The van der Waals surface area contributed by atoms with Crippen LogP contribution >= 0.6 is 0 Å². The molecule has 148 valence electrons. The quantitative estimate of drug-likeness (QED) is 0.473. The second-order valence-corrected chi connectivity index (χ2v) is 6.63. The Hall–Kier alpha value is -3.81. The van der Waals surface area contributed by atoms with Crippen molar-refractivity contribution in [1.29, 1.82) is 0 Å². The molecule has 0 bridgehead atoms. The number of fused-ring (bicyclic) bond motifs is 1. The third-order valence-electron chi connectivity index (χ3n) is 4.50. The average Bonchev–Trinajstić information content (AvgIpc) is 2.68. The molecule has 3 aromatic carbocycles. The molecule has 0 radical (unpaired) electrons. The number of halogens is 1. The standard InChI is InChI=1S/C21H18FN3O4/c22-17-8-6-14(11-19(17)25(28)29)10-18(21(23)27)24-20(26)12-13-5-7-15-3-1-2-4-16(15)9-13/h1-9,11,18H,10,12H2,(H2,23,27)(H,24,26)/t18-/m1/s1. The Kier molecular flexibility index (Phi) is 5.82.